The Balaban J connectivity index is 4.30. The van der Waals surface area contributed by atoms with Crippen LogP contribution in [0.3, 0.4) is 0 Å². The third kappa shape index (κ3) is 65.8. The smallest absolute Gasteiger partial charge is 0.306 e. The largest absolute Gasteiger partial charge is 0.462 e. The van der Waals surface area contributed by atoms with Gasteiger partial charge in [-0.25, -0.2) is 0 Å². The lowest BCUT2D eigenvalue weighted by atomic mass is 10.0. The molecule has 0 aromatic heterocycles. The van der Waals surface area contributed by atoms with Crippen molar-refractivity contribution >= 4 is 17.9 Å². The number of esters is 3. The van der Waals surface area contributed by atoms with E-state index >= 15 is 0 Å². The van der Waals surface area contributed by atoms with Gasteiger partial charge in [0.2, 0.25) is 0 Å². The van der Waals surface area contributed by atoms with Crippen molar-refractivity contribution < 1.29 is 28.6 Å². The van der Waals surface area contributed by atoms with Crippen LogP contribution >= 0.6 is 0 Å². The van der Waals surface area contributed by atoms with Crippen LogP contribution in [0.2, 0.25) is 0 Å². The van der Waals surface area contributed by atoms with Gasteiger partial charge in [-0.3, -0.25) is 14.4 Å². The molecule has 0 saturated heterocycles. The molecule has 82 heavy (non-hydrogen) atoms. The second-order valence-corrected chi connectivity index (χ2v) is 21.6. The third-order valence-corrected chi connectivity index (χ3v) is 13.7. The number of ether oxygens (including phenoxy) is 3. The van der Waals surface area contributed by atoms with Gasteiger partial charge >= 0.3 is 17.9 Å². The molecule has 0 aliphatic rings. The number of hydrogen-bond acceptors (Lipinski definition) is 6. The predicted octanol–water partition coefficient (Wildman–Crippen LogP) is 23.3. The van der Waals surface area contributed by atoms with E-state index in [1.165, 1.54) is 77.0 Å². The molecule has 0 aliphatic carbocycles. The van der Waals surface area contributed by atoms with Crippen molar-refractivity contribution in [1.29, 1.82) is 0 Å². The number of carbonyl (C=O) groups is 3. The van der Waals surface area contributed by atoms with E-state index in [-0.39, 0.29) is 31.1 Å². The van der Waals surface area contributed by atoms with E-state index in [0.717, 1.165) is 167 Å². The summed E-state index contributed by atoms with van der Waals surface area (Å²) in [5, 5.41) is 0. The molecule has 6 heteroatoms. The summed E-state index contributed by atoms with van der Waals surface area (Å²) in [6.07, 6.45) is 99.7. The highest BCUT2D eigenvalue weighted by Crippen LogP contribution is 2.15. The second kappa shape index (κ2) is 68.5. The Morgan fingerprint density at radius 3 is 0.756 bits per heavy atom. The Kier molecular flexibility index (Phi) is 64.4. The molecular formula is C76H122O6. The molecule has 0 heterocycles. The lowest BCUT2D eigenvalue weighted by molar-refractivity contribution is -0.167. The number of unbranched alkanes of at least 4 members (excludes halogenated alkanes) is 22. The quantitative estimate of drug-likeness (QED) is 0.0261. The Bertz CT molecular complexity index is 1830. The minimum absolute atomic E-state index is 0.0939. The molecule has 0 radical (unpaired) electrons. The Morgan fingerprint density at radius 1 is 0.256 bits per heavy atom. The highest BCUT2D eigenvalue weighted by molar-refractivity contribution is 5.71. The normalized spacial score (nSPS) is 13.2. The molecule has 0 aromatic rings. The fourth-order valence-electron chi connectivity index (χ4n) is 8.80. The average Bonchev–Trinajstić information content (AvgIpc) is 3.47. The number of hydrogen-bond donors (Lipinski definition) is 0. The van der Waals surface area contributed by atoms with Crippen molar-refractivity contribution in [3.63, 3.8) is 0 Å². The molecule has 0 saturated carbocycles. The zero-order valence-electron chi connectivity index (χ0n) is 52.9. The molecule has 0 spiro atoms. The predicted molar refractivity (Wildman–Crippen MR) is 357 cm³/mol. The van der Waals surface area contributed by atoms with Gasteiger partial charge < -0.3 is 14.2 Å². The Labute approximate surface area is 505 Å². The van der Waals surface area contributed by atoms with Gasteiger partial charge in [0.25, 0.3) is 0 Å². The molecule has 0 aromatic carbocycles. The van der Waals surface area contributed by atoms with Crippen molar-refractivity contribution in [2.75, 3.05) is 13.2 Å². The van der Waals surface area contributed by atoms with Crippen LogP contribution in [0.25, 0.3) is 0 Å². The van der Waals surface area contributed by atoms with Gasteiger partial charge in [-0.2, -0.15) is 0 Å². The summed E-state index contributed by atoms with van der Waals surface area (Å²) in [5.41, 5.74) is 0. The molecule has 462 valence electrons. The van der Waals surface area contributed by atoms with Crippen LogP contribution in [0.4, 0.5) is 0 Å². The molecule has 0 N–H and O–H groups in total. The van der Waals surface area contributed by atoms with E-state index in [1.54, 1.807) is 0 Å². The second-order valence-electron chi connectivity index (χ2n) is 21.6. The molecule has 6 nitrogen and oxygen atoms in total. The van der Waals surface area contributed by atoms with Crippen LogP contribution in [0, 0.1) is 0 Å². The van der Waals surface area contributed by atoms with E-state index in [0.29, 0.717) is 19.3 Å². The summed E-state index contributed by atoms with van der Waals surface area (Å²) in [6, 6.07) is 0. The third-order valence-electron chi connectivity index (χ3n) is 13.7. The Morgan fingerprint density at radius 2 is 0.476 bits per heavy atom. The van der Waals surface area contributed by atoms with E-state index in [4.69, 9.17) is 14.2 Å². The highest BCUT2D eigenvalue weighted by Gasteiger charge is 2.19. The number of carbonyl (C=O) groups excluding carboxylic acids is 3. The lowest BCUT2D eigenvalue weighted by Crippen LogP contribution is -2.30. The van der Waals surface area contributed by atoms with Crippen LogP contribution in [0.15, 0.2) is 158 Å². The first-order chi connectivity index (χ1) is 40.5. The average molecular weight is 1130 g/mol. The SMILES string of the molecule is CC/C=C\C/C=C\C/C=C\C/C=C\C/C=C\C/C=C\C/C=C\C/C=C\CCCCCCCCC(=O)OCC(COC(=O)CCCCCCC/C=C\CCC)OC(=O)CCCCCCCCCCCC/C=C\C/C=C\C/C=C\C/C=C\CC. The molecule has 0 rings (SSSR count). The fourth-order valence-corrected chi connectivity index (χ4v) is 8.80. The monoisotopic (exact) mass is 1130 g/mol. The van der Waals surface area contributed by atoms with Crippen molar-refractivity contribution in [3.05, 3.63) is 158 Å². The summed E-state index contributed by atoms with van der Waals surface area (Å²) in [6.45, 7) is 6.33. The van der Waals surface area contributed by atoms with Crippen molar-refractivity contribution in [3.8, 4) is 0 Å². The van der Waals surface area contributed by atoms with Crippen LogP contribution in [0.1, 0.15) is 284 Å². The first-order valence-electron chi connectivity index (χ1n) is 33.5. The molecule has 1 atom stereocenters. The first-order valence-corrected chi connectivity index (χ1v) is 33.5. The van der Waals surface area contributed by atoms with E-state index in [9.17, 15) is 14.4 Å². The van der Waals surface area contributed by atoms with Crippen molar-refractivity contribution in [2.45, 2.75) is 290 Å². The van der Waals surface area contributed by atoms with Gasteiger partial charge in [-0.05, 0) is 141 Å². The topological polar surface area (TPSA) is 78.9 Å². The van der Waals surface area contributed by atoms with Gasteiger partial charge in [-0.1, -0.05) is 281 Å². The molecule has 0 amide bonds. The van der Waals surface area contributed by atoms with Gasteiger partial charge in [0.15, 0.2) is 6.10 Å². The van der Waals surface area contributed by atoms with E-state index in [2.05, 4.69) is 179 Å². The van der Waals surface area contributed by atoms with E-state index in [1.807, 2.05) is 0 Å². The standard InChI is InChI=1S/C76H122O6/c1-4-7-10-13-16-19-22-24-26-28-30-32-34-35-36-37-38-39-40-41-43-44-46-48-50-52-54-57-60-63-66-69-75(78)81-72-73(71-80-74(77)68-65-62-59-56-21-18-15-12-9-6-3)82-76(79)70-67-64-61-58-55-53-51-49-47-45-42-33-31-29-27-25-23-20-17-14-11-8-5-2/h7-8,10-12,15-17,19-20,24-27,30-33,35-36,38-39,41,43,46,48,73H,4-6,9,13-14,18,21-23,28-29,34,37,40,42,44-45,47,49-72H2,1-3H3/b10-7-,11-8-,15-12-,19-16-,20-17-,26-24-,27-25-,32-30-,33-31-,36-35-,39-38-,43-41-,48-46-. The van der Waals surface area contributed by atoms with Crippen LogP contribution in [-0.4, -0.2) is 37.2 Å². The van der Waals surface area contributed by atoms with Crippen LogP contribution in [-0.2, 0) is 28.6 Å². The summed E-state index contributed by atoms with van der Waals surface area (Å²) >= 11 is 0. The summed E-state index contributed by atoms with van der Waals surface area (Å²) in [7, 11) is 0. The first kappa shape index (κ1) is 77.0. The molecular weight excluding hydrogens is 1010 g/mol. The van der Waals surface area contributed by atoms with Gasteiger partial charge in [0, 0.05) is 19.3 Å². The lowest BCUT2D eigenvalue weighted by Gasteiger charge is -2.18. The molecule has 0 aliphatic heterocycles. The maximum Gasteiger partial charge on any atom is 0.306 e. The summed E-state index contributed by atoms with van der Waals surface area (Å²) < 4.78 is 16.9. The minimum atomic E-state index is -0.798. The number of allylic oxidation sites excluding steroid dienone is 26. The van der Waals surface area contributed by atoms with Crippen LogP contribution in [0.5, 0.6) is 0 Å². The van der Waals surface area contributed by atoms with Crippen LogP contribution < -0.4 is 0 Å². The zero-order chi connectivity index (χ0) is 59.2. The highest BCUT2D eigenvalue weighted by atomic mass is 16.6. The van der Waals surface area contributed by atoms with Crippen molar-refractivity contribution in [2.24, 2.45) is 0 Å². The zero-order valence-corrected chi connectivity index (χ0v) is 52.9. The number of rotatable bonds is 59. The summed E-state index contributed by atoms with van der Waals surface area (Å²) in [5.74, 6) is -0.924. The minimum Gasteiger partial charge on any atom is -0.462 e. The Hall–Kier alpha value is -4.97. The maximum atomic E-state index is 12.9. The van der Waals surface area contributed by atoms with Crippen molar-refractivity contribution in [1.82, 2.24) is 0 Å². The van der Waals surface area contributed by atoms with E-state index < -0.39 is 6.10 Å². The molecule has 1 unspecified atom stereocenters. The van der Waals surface area contributed by atoms with Gasteiger partial charge in [0.05, 0.1) is 0 Å². The fraction of sp³-hybridized carbons (Fsp3) is 0.618. The maximum absolute atomic E-state index is 12.9. The van der Waals surface area contributed by atoms with Gasteiger partial charge in [0.1, 0.15) is 13.2 Å². The summed E-state index contributed by atoms with van der Waals surface area (Å²) in [4.78, 5) is 38.3. The molecule has 0 fully saturated rings. The van der Waals surface area contributed by atoms with Gasteiger partial charge in [-0.15, -0.1) is 0 Å². The molecule has 0 bridgehead atoms.